The monoisotopic (exact) mass is 234 g/mol. The van der Waals surface area contributed by atoms with Gasteiger partial charge in [0.1, 0.15) is 0 Å². The highest BCUT2D eigenvalue weighted by molar-refractivity contribution is 8.16. The van der Waals surface area contributed by atoms with Crippen LogP contribution in [0.3, 0.4) is 0 Å². The first-order chi connectivity index (χ1) is 7.77. The van der Waals surface area contributed by atoms with E-state index in [1.807, 2.05) is 43.3 Å². The summed E-state index contributed by atoms with van der Waals surface area (Å²) in [6, 6.07) is 9.63. The van der Waals surface area contributed by atoms with Crippen LogP contribution in [0.4, 0.5) is 0 Å². The maximum Gasteiger partial charge on any atom is 0.216 e. The molecule has 0 aliphatic heterocycles. The van der Waals surface area contributed by atoms with Gasteiger partial charge in [-0.3, -0.25) is 15.1 Å². The zero-order valence-corrected chi connectivity index (χ0v) is 9.91. The number of nitrogens with one attached hydrogen (secondary N) is 1. The molecule has 3 nitrogen and oxygen atoms in total. The summed E-state index contributed by atoms with van der Waals surface area (Å²) in [6.07, 6.45) is 2.52. The standard InChI is InChI=1S/C12H14N2OS/c1-2-8-16-12(13)14(10-15)9-11-6-4-3-5-7-11/h2-8,10,13H,9H2,1H3/b8-2-,13-12?. The molecule has 0 fully saturated rings. The smallest absolute Gasteiger partial charge is 0.216 e. The minimum absolute atomic E-state index is 0.233. The summed E-state index contributed by atoms with van der Waals surface area (Å²) in [7, 11) is 0. The van der Waals surface area contributed by atoms with Crippen LogP contribution in [0, 0.1) is 5.41 Å². The van der Waals surface area contributed by atoms with Crippen molar-refractivity contribution in [3.05, 3.63) is 47.4 Å². The van der Waals surface area contributed by atoms with Gasteiger partial charge < -0.3 is 0 Å². The Kier molecular flexibility index (Phi) is 5.36. The van der Waals surface area contributed by atoms with Gasteiger partial charge in [0.15, 0.2) is 5.17 Å². The summed E-state index contributed by atoms with van der Waals surface area (Å²) in [5, 5.41) is 9.72. The highest BCUT2D eigenvalue weighted by atomic mass is 32.2. The van der Waals surface area contributed by atoms with Crippen molar-refractivity contribution in [1.29, 1.82) is 5.41 Å². The van der Waals surface area contributed by atoms with Crippen LogP contribution in [0.15, 0.2) is 41.8 Å². The Morgan fingerprint density at radius 2 is 2.12 bits per heavy atom. The van der Waals surface area contributed by atoms with E-state index in [0.29, 0.717) is 13.0 Å². The van der Waals surface area contributed by atoms with Crippen LogP contribution in [0.2, 0.25) is 0 Å². The normalized spacial score (nSPS) is 10.3. The zero-order chi connectivity index (χ0) is 11.8. The van der Waals surface area contributed by atoms with Gasteiger partial charge in [-0.1, -0.05) is 48.2 Å². The summed E-state index contributed by atoms with van der Waals surface area (Å²) < 4.78 is 0. The fourth-order valence-corrected chi connectivity index (χ4v) is 1.65. The third-order valence-electron chi connectivity index (χ3n) is 1.90. The predicted octanol–water partition coefficient (Wildman–Crippen LogP) is 2.85. The number of amides is 1. The summed E-state index contributed by atoms with van der Waals surface area (Å²) >= 11 is 1.23. The number of allylic oxidation sites excluding steroid dienone is 1. The van der Waals surface area contributed by atoms with Gasteiger partial charge in [0.25, 0.3) is 0 Å². The Morgan fingerprint density at radius 3 is 2.69 bits per heavy atom. The molecule has 0 heterocycles. The number of carbonyl (C=O) groups is 1. The van der Waals surface area contributed by atoms with E-state index in [-0.39, 0.29) is 5.17 Å². The van der Waals surface area contributed by atoms with Crippen molar-refractivity contribution in [2.75, 3.05) is 0 Å². The van der Waals surface area contributed by atoms with Gasteiger partial charge in [-0.15, -0.1) is 0 Å². The first-order valence-corrected chi connectivity index (χ1v) is 5.78. The van der Waals surface area contributed by atoms with Gasteiger partial charge in [-0.05, 0) is 17.9 Å². The minimum atomic E-state index is 0.233. The predicted molar refractivity (Wildman–Crippen MR) is 68.2 cm³/mol. The molecule has 84 valence electrons. The number of carbonyl (C=O) groups excluding carboxylic acids is 1. The van der Waals surface area contributed by atoms with E-state index in [2.05, 4.69) is 0 Å². The minimum Gasteiger partial charge on any atom is -0.290 e. The molecule has 0 spiro atoms. The second kappa shape index (κ2) is 6.85. The van der Waals surface area contributed by atoms with Gasteiger partial charge in [0, 0.05) is 0 Å². The van der Waals surface area contributed by atoms with Crippen LogP contribution >= 0.6 is 11.8 Å². The van der Waals surface area contributed by atoms with Gasteiger partial charge in [0.05, 0.1) is 6.54 Å². The molecule has 1 aromatic rings. The molecule has 1 N–H and O–H groups in total. The zero-order valence-electron chi connectivity index (χ0n) is 9.09. The summed E-state index contributed by atoms with van der Waals surface area (Å²) in [5.74, 6) is 0. The number of hydrogen-bond acceptors (Lipinski definition) is 3. The van der Waals surface area contributed by atoms with Crippen LogP contribution in [0.25, 0.3) is 0 Å². The third kappa shape index (κ3) is 3.90. The summed E-state index contributed by atoms with van der Waals surface area (Å²) in [5.41, 5.74) is 1.01. The van der Waals surface area contributed by atoms with Crippen molar-refractivity contribution in [2.24, 2.45) is 0 Å². The van der Waals surface area contributed by atoms with E-state index >= 15 is 0 Å². The quantitative estimate of drug-likeness (QED) is 0.494. The molecule has 16 heavy (non-hydrogen) atoms. The average molecular weight is 234 g/mol. The second-order valence-electron chi connectivity index (χ2n) is 3.11. The Morgan fingerprint density at radius 1 is 1.44 bits per heavy atom. The maximum atomic E-state index is 10.9. The molecule has 0 aliphatic rings. The average Bonchev–Trinajstić information content (AvgIpc) is 2.34. The molecule has 0 saturated heterocycles. The highest BCUT2D eigenvalue weighted by Crippen LogP contribution is 2.11. The Labute approximate surface area is 99.7 Å². The SMILES string of the molecule is C/C=C\SC(=N)N(C=O)Cc1ccccc1. The van der Waals surface area contributed by atoms with E-state index in [9.17, 15) is 4.79 Å². The third-order valence-corrected chi connectivity index (χ3v) is 2.77. The van der Waals surface area contributed by atoms with Crippen molar-refractivity contribution in [1.82, 2.24) is 4.90 Å². The lowest BCUT2D eigenvalue weighted by Gasteiger charge is -2.16. The van der Waals surface area contributed by atoms with Crippen LogP contribution in [0.5, 0.6) is 0 Å². The lowest BCUT2D eigenvalue weighted by Crippen LogP contribution is -2.25. The van der Waals surface area contributed by atoms with Crippen molar-refractivity contribution < 1.29 is 4.79 Å². The largest absolute Gasteiger partial charge is 0.290 e. The van der Waals surface area contributed by atoms with E-state index in [4.69, 9.17) is 5.41 Å². The van der Waals surface area contributed by atoms with Crippen LogP contribution in [-0.4, -0.2) is 16.5 Å². The molecule has 4 heteroatoms. The molecule has 1 rings (SSSR count). The molecule has 1 amide bonds. The number of thioether (sulfide) groups is 1. The highest BCUT2D eigenvalue weighted by Gasteiger charge is 2.08. The maximum absolute atomic E-state index is 10.9. The number of rotatable bonds is 4. The topological polar surface area (TPSA) is 44.2 Å². The molecule has 1 aromatic carbocycles. The number of nitrogens with zero attached hydrogens (tertiary/aromatic N) is 1. The molecule has 0 aromatic heterocycles. The van der Waals surface area contributed by atoms with Crippen molar-refractivity contribution >= 4 is 23.3 Å². The molecular weight excluding hydrogens is 220 g/mol. The summed E-state index contributed by atoms with van der Waals surface area (Å²) in [4.78, 5) is 12.2. The molecule has 0 unspecified atom stereocenters. The molecule has 0 saturated carbocycles. The number of hydrogen-bond donors (Lipinski definition) is 1. The molecule has 0 radical (unpaired) electrons. The van der Waals surface area contributed by atoms with Crippen molar-refractivity contribution in [2.45, 2.75) is 13.5 Å². The fraction of sp³-hybridized carbons (Fsp3) is 0.167. The van der Waals surface area contributed by atoms with Gasteiger partial charge >= 0.3 is 0 Å². The summed E-state index contributed by atoms with van der Waals surface area (Å²) in [6.45, 7) is 2.32. The Bertz CT molecular complexity index is 376. The first kappa shape index (κ1) is 12.5. The first-order valence-electron chi connectivity index (χ1n) is 4.90. The van der Waals surface area contributed by atoms with Crippen molar-refractivity contribution in [3.8, 4) is 0 Å². The van der Waals surface area contributed by atoms with Gasteiger partial charge in [-0.2, -0.15) is 0 Å². The lowest BCUT2D eigenvalue weighted by molar-refractivity contribution is -0.115. The van der Waals surface area contributed by atoms with Crippen molar-refractivity contribution in [3.63, 3.8) is 0 Å². The van der Waals surface area contributed by atoms with Crippen LogP contribution in [-0.2, 0) is 11.3 Å². The van der Waals surface area contributed by atoms with Crippen LogP contribution in [0.1, 0.15) is 12.5 Å². The molecule has 0 aliphatic carbocycles. The Hall–Kier alpha value is -1.55. The Balaban J connectivity index is 2.62. The molecule has 0 atom stereocenters. The number of benzene rings is 1. The number of amidine groups is 1. The lowest BCUT2D eigenvalue weighted by atomic mass is 10.2. The van der Waals surface area contributed by atoms with Gasteiger partial charge in [0.2, 0.25) is 6.41 Å². The van der Waals surface area contributed by atoms with E-state index < -0.39 is 0 Å². The fourth-order valence-electron chi connectivity index (χ4n) is 1.14. The van der Waals surface area contributed by atoms with E-state index in [1.165, 1.54) is 16.7 Å². The molecular formula is C12H14N2OS. The van der Waals surface area contributed by atoms with Gasteiger partial charge in [-0.25, -0.2) is 0 Å². The van der Waals surface area contributed by atoms with E-state index in [1.54, 1.807) is 5.41 Å². The molecule has 0 bridgehead atoms. The van der Waals surface area contributed by atoms with Crippen LogP contribution < -0.4 is 0 Å². The van der Waals surface area contributed by atoms with E-state index in [0.717, 1.165) is 5.56 Å². The second-order valence-corrected chi connectivity index (χ2v) is 4.01.